The lowest BCUT2D eigenvalue weighted by Gasteiger charge is -2.10. The molecule has 84 valence electrons. The largest absolute Gasteiger partial charge is 0.320 e. The van der Waals surface area contributed by atoms with Crippen LogP contribution >= 0.6 is 0 Å². The fourth-order valence-corrected chi connectivity index (χ4v) is 1.39. The summed E-state index contributed by atoms with van der Waals surface area (Å²) in [6, 6.07) is 1.38. The molecule has 0 aliphatic carbocycles. The Balaban J connectivity index is 2.62. The van der Waals surface area contributed by atoms with Gasteiger partial charge in [0, 0.05) is 13.1 Å². The normalized spacial score (nSPS) is 12.5. The van der Waals surface area contributed by atoms with Crippen molar-refractivity contribution in [2.75, 3.05) is 5.32 Å². The van der Waals surface area contributed by atoms with Crippen molar-refractivity contribution in [2.24, 2.45) is 12.8 Å². The molecule has 0 aromatic carbocycles. The van der Waals surface area contributed by atoms with Gasteiger partial charge < -0.3 is 11.1 Å². The maximum absolute atomic E-state index is 11.6. The summed E-state index contributed by atoms with van der Waals surface area (Å²) in [5, 5.41) is 6.88. The minimum atomic E-state index is -0.440. The molecule has 1 aromatic heterocycles. The zero-order chi connectivity index (χ0) is 11.4. The third-order valence-electron chi connectivity index (χ3n) is 2.19. The predicted molar refractivity (Wildman–Crippen MR) is 59.5 cm³/mol. The number of hydrogen-bond acceptors (Lipinski definition) is 3. The van der Waals surface area contributed by atoms with Gasteiger partial charge in [-0.3, -0.25) is 9.48 Å². The summed E-state index contributed by atoms with van der Waals surface area (Å²) in [5.41, 5.74) is 6.56. The van der Waals surface area contributed by atoms with Crippen LogP contribution < -0.4 is 11.1 Å². The van der Waals surface area contributed by atoms with Crippen LogP contribution in [0.1, 0.15) is 25.5 Å². The number of rotatable bonds is 4. The number of nitrogens with two attached hydrogens (primary N) is 1. The van der Waals surface area contributed by atoms with Crippen molar-refractivity contribution in [1.82, 2.24) is 9.78 Å². The topological polar surface area (TPSA) is 72.9 Å². The molecule has 0 aliphatic rings. The van der Waals surface area contributed by atoms with Crippen LogP contribution in [0.4, 0.5) is 5.82 Å². The van der Waals surface area contributed by atoms with Gasteiger partial charge in [0.1, 0.15) is 5.82 Å². The lowest BCUT2D eigenvalue weighted by Crippen LogP contribution is -2.35. The van der Waals surface area contributed by atoms with Gasteiger partial charge in [-0.1, -0.05) is 13.3 Å². The van der Waals surface area contributed by atoms with E-state index in [-0.39, 0.29) is 5.91 Å². The van der Waals surface area contributed by atoms with Gasteiger partial charge in [0.2, 0.25) is 5.91 Å². The van der Waals surface area contributed by atoms with Crippen molar-refractivity contribution in [3.63, 3.8) is 0 Å². The fraction of sp³-hybridized carbons (Fsp3) is 0.600. The first-order valence-corrected chi connectivity index (χ1v) is 5.11. The molecule has 5 heteroatoms. The van der Waals surface area contributed by atoms with Gasteiger partial charge in [0.15, 0.2) is 0 Å². The molecule has 1 aromatic rings. The highest BCUT2D eigenvalue weighted by Gasteiger charge is 2.13. The molecule has 0 saturated carbocycles. The summed E-state index contributed by atoms with van der Waals surface area (Å²) < 4.78 is 1.63. The molecule has 0 fully saturated rings. The van der Waals surface area contributed by atoms with Crippen molar-refractivity contribution >= 4 is 11.7 Å². The molecule has 0 bridgehead atoms. The summed E-state index contributed by atoms with van der Waals surface area (Å²) >= 11 is 0. The summed E-state index contributed by atoms with van der Waals surface area (Å²) in [4.78, 5) is 11.6. The average molecular weight is 210 g/mol. The Morgan fingerprint density at radius 1 is 1.73 bits per heavy atom. The van der Waals surface area contributed by atoms with Crippen molar-refractivity contribution in [3.8, 4) is 0 Å². The van der Waals surface area contributed by atoms with Crippen molar-refractivity contribution in [1.29, 1.82) is 0 Å². The van der Waals surface area contributed by atoms with Crippen LogP contribution in [-0.2, 0) is 11.8 Å². The van der Waals surface area contributed by atoms with Gasteiger partial charge in [0.25, 0.3) is 0 Å². The highest BCUT2D eigenvalue weighted by Crippen LogP contribution is 2.08. The Morgan fingerprint density at radius 3 is 2.87 bits per heavy atom. The van der Waals surface area contributed by atoms with Gasteiger partial charge in [0.05, 0.1) is 11.7 Å². The Hall–Kier alpha value is -1.36. The number of nitrogens with one attached hydrogen (secondary N) is 1. The Labute approximate surface area is 89.6 Å². The van der Waals surface area contributed by atoms with E-state index in [0.717, 1.165) is 12.1 Å². The summed E-state index contributed by atoms with van der Waals surface area (Å²) in [6.07, 6.45) is 1.60. The third-order valence-corrected chi connectivity index (χ3v) is 2.19. The first-order valence-electron chi connectivity index (χ1n) is 5.11. The molecule has 0 spiro atoms. The van der Waals surface area contributed by atoms with Crippen LogP contribution in [0.5, 0.6) is 0 Å². The molecule has 1 rings (SSSR count). The van der Waals surface area contributed by atoms with Gasteiger partial charge in [-0.25, -0.2) is 0 Å². The molecule has 0 radical (unpaired) electrons. The van der Waals surface area contributed by atoms with Crippen molar-refractivity contribution in [3.05, 3.63) is 11.8 Å². The Bertz CT molecular complexity index is 345. The van der Waals surface area contributed by atoms with E-state index >= 15 is 0 Å². The standard InChI is InChI=1S/C10H18N4O/c1-4-5-8(11)10(15)12-9-6-7(2)13-14(9)3/h6,8H,4-5,11H2,1-3H3,(H,12,15). The molecule has 3 N–H and O–H groups in total. The molecule has 15 heavy (non-hydrogen) atoms. The van der Waals surface area contributed by atoms with Crippen LogP contribution in [0, 0.1) is 6.92 Å². The zero-order valence-electron chi connectivity index (χ0n) is 9.45. The number of amides is 1. The van der Waals surface area contributed by atoms with Crippen LogP contribution in [0.2, 0.25) is 0 Å². The number of carbonyl (C=O) groups excluding carboxylic acids is 1. The molecule has 1 amide bonds. The Kier molecular flexibility index (Phi) is 3.85. The maximum Gasteiger partial charge on any atom is 0.242 e. The highest BCUT2D eigenvalue weighted by molar-refractivity contribution is 5.93. The molecule has 1 heterocycles. The zero-order valence-corrected chi connectivity index (χ0v) is 9.45. The minimum absolute atomic E-state index is 0.153. The van der Waals surface area contributed by atoms with E-state index in [1.165, 1.54) is 0 Å². The smallest absolute Gasteiger partial charge is 0.242 e. The van der Waals surface area contributed by atoms with Crippen LogP contribution in [-0.4, -0.2) is 21.7 Å². The number of aromatic nitrogens is 2. The van der Waals surface area contributed by atoms with Crippen LogP contribution in [0.25, 0.3) is 0 Å². The Morgan fingerprint density at radius 2 is 2.40 bits per heavy atom. The van der Waals surface area contributed by atoms with E-state index in [4.69, 9.17) is 5.73 Å². The molecule has 1 unspecified atom stereocenters. The molecule has 0 aliphatic heterocycles. The summed E-state index contributed by atoms with van der Waals surface area (Å²) in [5.74, 6) is 0.531. The maximum atomic E-state index is 11.6. The summed E-state index contributed by atoms with van der Waals surface area (Å²) in [6.45, 7) is 3.88. The van der Waals surface area contributed by atoms with Gasteiger partial charge in [-0.05, 0) is 13.3 Å². The van der Waals surface area contributed by atoms with Crippen molar-refractivity contribution in [2.45, 2.75) is 32.7 Å². The second kappa shape index (κ2) is 4.93. The first kappa shape index (κ1) is 11.7. The lowest BCUT2D eigenvalue weighted by molar-refractivity contribution is -0.117. The first-order chi connectivity index (χ1) is 7.04. The molecular formula is C10H18N4O. The van der Waals surface area contributed by atoms with Crippen molar-refractivity contribution < 1.29 is 4.79 Å². The third kappa shape index (κ3) is 3.06. The lowest BCUT2D eigenvalue weighted by atomic mass is 10.2. The quantitative estimate of drug-likeness (QED) is 0.771. The number of anilines is 1. The predicted octanol–water partition coefficient (Wildman–Crippen LogP) is 0.794. The van der Waals surface area contributed by atoms with Gasteiger partial charge in [-0.15, -0.1) is 0 Å². The van der Waals surface area contributed by atoms with E-state index in [0.29, 0.717) is 12.2 Å². The van der Waals surface area contributed by atoms with E-state index in [1.54, 1.807) is 11.7 Å². The fourth-order valence-electron chi connectivity index (χ4n) is 1.39. The van der Waals surface area contributed by atoms with E-state index in [2.05, 4.69) is 10.4 Å². The molecule has 1 atom stereocenters. The molecule has 0 saturated heterocycles. The van der Waals surface area contributed by atoms with Crippen LogP contribution in [0.15, 0.2) is 6.07 Å². The van der Waals surface area contributed by atoms with E-state index < -0.39 is 6.04 Å². The second-order valence-electron chi connectivity index (χ2n) is 3.68. The number of aryl methyl sites for hydroxylation is 2. The monoisotopic (exact) mass is 210 g/mol. The average Bonchev–Trinajstić information content (AvgIpc) is 2.45. The van der Waals surface area contributed by atoms with E-state index in [1.807, 2.05) is 19.9 Å². The van der Waals surface area contributed by atoms with E-state index in [9.17, 15) is 4.79 Å². The van der Waals surface area contributed by atoms with Crippen LogP contribution in [0.3, 0.4) is 0 Å². The summed E-state index contributed by atoms with van der Waals surface area (Å²) in [7, 11) is 1.79. The van der Waals surface area contributed by atoms with Gasteiger partial charge in [-0.2, -0.15) is 5.10 Å². The SMILES string of the molecule is CCCC(N)C(=O)Nc1cc(C)nn1C. The number of carbonyl (C=O) groups is 1. The number of hydrogen-bond donors (Lipinski definition) is 2. The highest BCUT2D eigenvalue weighted by atomic mass is 16.2. The van der Waals surface area contributed by atoms with Gasteiger partial charge >= 0.3 is 0 Å². The second-order valence-corrected chi connectivity index (χ2v) is 3.68. The molecule has 5 nitrogen and oxygen atoms in total. The number of nitrogens with zero attached hydrogens (tertiary/aromatic N) is 2. The minimum Gasteiger partial charge on any atom is -0.320 e. The molecular weight excluding hydrogens is 192 g/mol.